The maximum atomic E-state index is 6.82. The Balaban J connectivity index is 0.892. The molecule has 0 spiro atoms. The van der Waals surface area contributed by atoms with Gasteiger partial charge in [0.15, 0.2) is 11.2 Å². The van der Waals surface area contributed by atoms with Gasteiger partial charge in [-0.1, -0.05) is 173 Å². The summed E-state index contributed by atoms with van der Waals surface area (Å²) in [6.45, 7) is 9.42. The van der Waals surface area contributed by atoms with E-state index in [1.165, 1.54) is 76.8 Å². The molecule has 0 atom stereocenters. The van der Waals surface area contributed by atoms with Gasteiger partial charge in [-0.15, -0.1) is 0 Å². The van der Waals surface area contributed by atoms with Crippen LogP contribution >= 0.6 is 0 Å². The number of para-hydroxylation sites is 4. The third kappa shape index (κ3) is 5.63. The van der Waals surface area contributed by atoms with E-state index in [4.69, 9.17) is 8.83 Å². The van der Waals surface area contributed by atoms with Crippen molar-refractivity contribution >= 4 is 110 Å². The van der Waals surface area contributed by atoms with Crippen LogP contribution in [0.15, 0.2) is 227 Å². The van der Waals surface area contributed by atoms with Crippen LogP contribution in [-0.2, 0) is 10.8 Å². The van der Waals surface area contributed by atoms with Gasteiger partial charge in [-0.05, 0) is 150 Å². The first-order valence-corrected chi connectivity index (χ1v) is 25.8. The van der Waals surface area contributed by atoms with E-state index in [-0.39, 0.29) is 10.8 Å². The molecular weight excluding hydrogens is 901 g/mol. The molecule has 12 aromatic carbocycles. The highest BCUT2D eigenvalue weighted by molar-refractivity contribution is 6.25. The van der Waals surface area contributed by atoms with Crippen LogP contribution in [0.3, 0.4) is 0 Å². The van der Waals surface area contributed by atoms with Gasteiger partial charge in [-0.3, -0.25) is 0 Å². The second-order valence-electron chi connectivity index (χ2n) is 21.6. The van der Waals surface area contributed by atoms with Crippen molar-refractivity contribution in [1.82, 2.24) is 0 Å². The molecule has 0 N–H and O–H groups in total. The summed E-state index contributed by atoms with van der Waals surface area (Å²) in [4.78, 5) is 4.84. The van der Waals surface area contributed by atoms with Crippen molar-refractivity contribution in [1.29, 1.82) is 0 Å². The first-order valence-electron chi connectivity index (χ1n) is 25.8. The van der Waals surface area contributed by atoms with Crippen molar-refractivity contribution in [2.75, 3.05) is 9.80 Å². The molecule has 74 heavy (non-hydrogen) atoms. The number of hydrogen-bond acceptors (Lipinski definition) is 4. The highest BCUT2D eigenvalue weighted by atomic mass is 16.3. The molecule has 0 fully saturated rings. The standard InChI is InChI=1S/C70H48N2O2/c1-69(2)57-21-9-5-15-49(57)51-33-31-45(39-59(51)69)71(61-23-13-19-55-53-17-7-11-25-63(53)73-67(55)61)47-35-41-27-29-43-37-48(38-44-30-28-42(36-47)65(41)66(43)44)72(62-24-14-20-56-54-18-8-12-26-64(54)74-68(56)62)46-32-34-52-50-16-6-10-22-58(50)70(3,4)60(52)40-46/h5-40H,1-4H3. The van der Waals surface area contributed by atoms with Crippen molar-refractivity contribution in [2.24, 2.45) is 0 Å². The zero-order chi connectivity index (χ0) is 49.2. The zero-order valence-corrected chi connectivity index (χ0v) is 41.5. The lowest BCUT2D eigenvalue weighted by Gasteiger charge is -2.29. The Bertz CT molecular complexity index is 4340. The third-order valence-electron chi connectivity index (χ3n) is 16.9. The molecule has 16 rings (SSSR count). The summed E-state index contributed by atoms with van der Waals surface area (Å²) in [6, 6.07) is 80.5. The van der Waals surface area contributed by atoms with Crippen LogP contribution in [-0.4, -0.2) is 0 Å². The summed E-state index contributed by atoms with van der Waals surface area (Å²) in [7, 11) is 0. The van der Waals surface area contributed by atoms with E-state index < -0.39 is 0 Å². The number of rotatable bonds is 6. The average Bonchev–Trinajstić information content (AvgIpc) is 4.14. The van der Waals surface area contributed by atoms with Gasteiger partial charge >= 0.3 is 0 Å². The van der Waals surface area contributed by atoms with E-state index in [1.807, 2.05) is 0 Å². The maximum Gasteiger partial charge on any atom is 0.159 e. The summed E-state index contributed by atoms with van der Waals surface area (Å²) in [5.41, 5.74) is 20.1. The smallest absolute Gasteiger partial charge is 0.159 e. The topological polar surface area (TPSA) is 32.8 Å². The monoisotopic (exact) mass is 948 g/mol. The minimum atomic E-state index is -0.164. The molecule has 0 saturated heterocycles. The third-order valence-corrected chi connectivity index (χ3v) is 16.9. The highest BCUT2D eigenvalue weighted by Crippen LogP contribution is 2.54. The van der Waals surface area contributed by atoms with Gasteiger partial charge in [0, 0.05) is 55.1 Å². The molecule has 2 aliphatic rings. The fourth-order valence-corrected chi connectivity index (χ4v) is 13.4. The Morgan fingerprint density at radius 3 is 1.09 bits per heavy atom. The number of hydrogen-bond donors (Lipinski definition) is 0. The molecule has 14 aromatic rings. The Morgan fingerprint density at radius 1 is 0.297 bits per heavy atom. The van der Waals surface area contributed by atoms with E-state index in [0.29, 0.717) is 0 Å². The molecular formula is C70H48N2O2. The van der Waals surface area contributed by atoms with Gasteiger partial charge in [-0.2, -0.15) is 0 Å². The molecule has 2 aliphatic carbocycles. The minimum Gasteiger partial charge on any atom is -0.454 e. The molecule has 350 valence electrons. The summed E-state index contributed by atoms with van der Waals surface area (Å²) in [5, 5.41) is 11.7. The molecule has 0 bridgehead atoms. The zero-order valence-electron chi connectivity index (χ0n) is 41.5. The average molecular weight is 949 g/mol. The van der Waals surface area contributed by atoms with E-state index >= 15 is 0 Å². The van der Waals surface area contributed by atoms with Gasteiger partial charge in [0.1, 0.15) is 11.2 Å². The van der Waals surface area contributed by atoms with Crippen LogP contribution in [0.1, 0.15) is 49.9 Å². The SMILES string of the molecule is CC1(C)c2ccccc2-c2ccc(N(c3cc4ccc5cc(N(c6ccc7c(c6)C(C)(C)c6ccccc6-7)c6cccc7c6oc6ccccc67)cc6ccc(c3)c4c56)c3cccc4c3oc3ccccc34)cc21. The highest BCUT2D eigenvalue weighted by Gasteiger charge is 2.38. The van der Waals surface area contributed by atoms with Crippen LogP contribution in [0.5, 0.6) is 0 Å². The molecule has 2 aromatic heterocycles. The van der Waals surface area contributed by atoms with Gasteiger partial charge in [0.2, 0.25) is 0 Å². The van der Waals surface area contributed by atoms with Crippen molar-refractivity contribution in [3.63, 3.8) is 0 Å². The number of benzene rings is 12. The van der Waals surface area contributed by atoms with Crippen molar-refractivity contribution < 1.29 is 8.83 Å². The molecule has 2 heterocycles. The van der Waals surface area contributed by atoms with E-state index in [2.05, 4.69) is 256 Å². The van der Waals surface area contributed by atoms with Gasteiger partial charge < -0.3 is 18.6 Å². The van der Waals surface area contributed by atoms with Gasteiger partial charge in [-0.25, -0.2) is 0 Å². The lowest BCUT2D eigenvalue weighted by Crippen LogP contribution is -2.16. The van der Waals surface area contributed by atoms with E-state index in [1.54, 1.807) is 0 Å². The maximum absolute atomic E-state index is 6.82. The molecule has 4 nitrogen and oxygen atoms in total. The first-order chi connectivity index (χ1) is 36.2. The Kier molecular flexibility index (Phi) is 8.27. The van der Waals surface area contributed by atoms with Crippen molar-refractivity contribution in [2.45, 2.75) is 38.5 Å². The molecule has 0 saturated carbocycles. The lowest BCUT2D eigenvalue weighted by molar-refractivity contribution is 0.660. The van der Waals surface area contributed by atoms with Gasteiger partial charge in [0.25, 0.3) is 0 Å². The fourth-order valence-electron chi connectivity index (χ4n) is 13.4. The molecule has 0 amide bonds. The lowest BCUT2D eigenvalue weighted by atomic mass is 9.82. The summed E-state index contributed by atoms with van der Waals surface area (Å²) < 4.78 is 13.6. The summed E-state index contributed by atoms with van der Waals surface area (Å²) >= 11 is 0. The fraction of sp³-hybridized carbons (Fsp3) is 0.0857. The number of fused-ring (bicyclic) bond motifs is 12. The summed E-state index contributed by atoms with van der Waals surface area (Å²) in [6.07, 6.45) is 0. The Morgan fingerprint density at radius 2 is 0.662 bits per heavy atom. The molecule has 4 heteroatoms. The van der Waals surface area contributed by atoms with Crippen LogP contribution < -0.4 is 9.80 Å². The van der Waals surface area contributed by atoms with Crippen LogP contribution in [0.25, 0.3) is 98.4 Å². The van der Waals surface area contributed by atoms with Crippen molar-refractivity contribution in [3.05, 3.63) is 241 Å². The Hall–Kier alpha value is -9.12. The minimum absolute atomic E-state index is 0.164. The molecule has 0 radical (unpaired) electrons. The number of furan rings is 2. The second kappa shape index (κ2) is 14.7. The number of anilines is 6. The molecule has 0 aliphatic heterocycles. The second-order valence-corrected chi connectivity index (χ2v) is 21.6. The quantitative estimate of drug-likeness (QED) is 0.156. The largest absolute Gasteiger partial charge is 0.454 e. The first kappa shape index (κ1) is 41.5. The Labute approximate surface area is 428 Å². The van der Waals surface area contributed by atoms with E-state index in [0.717, 1.165) is 78.0 Å². The number of nitrogens with zero attached hydrogens (tertiary/aromatic N) is 2. The predicted octanol–water partition coefficient (Wildman–Crippen LogP) is 19.9. The molecule has 0 unspecified atom stereocenters. The van der Waals surface area contributed by atoms with Crippen LogP contribution in [0.2, 0.25) is 0 Å². The summed E-state index contributed by atoms with van der Waals surface area (Å²) in [5.74, 6) is 0. The van der Waals surface area contributed by atoms with Crippen LogP contribution in [0, 0.1) is 0 Å². The van der Waals surface area contributed by atoms with Gasteiger partial charge in [0.05, 0.1) is 11.4 Å². The van der Waals surface area contributed by atoms with Crippen LogP contribution in [0.4, 0.5) is 34.1 Å². The van der Waals surface area contributed by atoms with Crippen molar-refractivity contribution in [3.8, 4) is 22.3 Å². The predicted molar refractivity (Wildman–Crippen MR) is 309 cm³/mol. The normalized spacial score (nSPS) is 14.2. The van der Waals surface area contributed by atoms with E-state index in [9.17, 15) is 0 Å².